The van der Waals surface area contributed by atoms with Gasteiger partial charge in [0.05, 0.1) is 18.4 Å². The highest BCUT2D eigenvalue weighted by molar-refractivity contribution is 5.94. The molecule has 0 heterocycles. The third-order valence-electron chi connectivity index (χ3n) is 3.93. The maximum Gasteiger partial charge on any atom is 0.335 e. The molecule has 2 rings (SSSR count). The van der Waals surface area contributed by atoms with Crippen LogP contribution in [-0.2, 0) is 4.79 Å². The molecule has 0 bridgehead atoms. The third kappa shape index (κ3) is 4.13. The molecule has 0 fully saturated rings. The Morgan fingerprint density at radius 2 is 1.92 bits per heavy atom. The van der Waals surface area contributed by atoms with Gasteiger partial charge in [-0.3, -0.25) is 4.79 Å². The summed E-state index contributed by atoms with van der Waals surface area (Å²) in [5.41, 5.74) is 2.87. The standard InChI is InChI=1S/C19H21NO4/c1-12-6-4-5-7-15(12)13(2)10-18(21)20-16-9-8-14(19(22)23)11-17(16)24-3/h4-9,11,13H,10H2,1-3H3,(H,20,21)(H,22,23). The Morgan fingerprint density at radius 3 is 2.54 bits per heavy atom. The quantitative estimate of drug-likeness (QED) is 0.845. The van der Waals surface area contributed by atoms with E-state index < -0.39 is 5.97 Å². The van der Waals surface area contributed by atoms with E-state index in [0.717, 1.165) is 11.1 Å². The topological polar surface area (TPSA) is 75.6 Å². The second-order valence-corrected chi connectivity index (χ2v) is 5.73. The largest absolute Gasteiger partial charge is 0.495 e. The molecule has 0 saturated carbocycles. The normalized spacial score (nSPS) is 11.6. The number of carbonyl (C=O) groups is 2. The van der Waals surface area contributed by atoms with Crippen LogP contribution in [0, 0.1) is 6.92 Å². The average molecular weight is 327 g/mol. The molecule has 2 N–H and O–H groups in total. The number of aryl methyl sites for hydroxylation is 1. The van der Waals surface area contributed by atoms with Gasteiger partial charge >= 0.3 is 5.97 Å². The molecule has 5 heteroatoms. The SMILES string of the molecule is COc1cc(C(=O)O)ccc1NC(=O)CC(C)c1ccccc1C. The van der Waals surface area contributed by atoms with Gasteiger partial charge in [-0.05, 0) is 42.2 Å². The van der Waals surface area contributed by atoms with Crippen LogP contribution in [0.5, 0.6) is 5.75 Å². The first-order valence-corrected chi connectivity index (χ1v) is 7.69. The summed E-state index contributed by atoms with van der Waals surface area (Å²) in [6.45, 7) is 4.03. The van der Waals surface area contributed by atoms with Gasteiger partial charge in [-0.15, -0.1) is 0 Å². The Kier molecular flexibility index (Phi) is 5.58. The molecule has 0 radical (unpaired) electrons. The maximum atomic E-state index is 12.3. The number of methoxy groups -OCH3 is 1. The minimum atomic E-state index is -1.04. The number of aromatic carboxylic acids is 1. The van der Waals surface area contributed by atoms with Crippen molar-refractivity contribution in [2.75, 3.05) is 12.4 Å². The Hall–Kier alpha value is -2.82. The van der Waals surface area contributed by atoms with Crippen LogP contribution in [-0.4, -0.2) is 24.1 Å². The van der Waals surface area contributed by atoms with Crippen molar-refractivity contribution in [3.63, 3.8) is 0 Å². The lowest BCUT2D eigenvalue weighted by atomic mass is 9.93. The fraction of sp³-hybridized carbons (Fsp3) is 0.263. The Labute approximate surface area is 141 Å². The number of hydrogen-bond acceptors (Lipinski definition) is 3. The first-order chi connectivity index (χ1) is 11.4. The second-order valence-electron chi connectivity index (χ2n) is 5.73. The zero-order valence-electron chi connectivity index (χ0n) is 14.0. The molecule has 2 aromatic rings. The summed E-state index contributed by atoms with van der Waals surface area (Å²) >= 11 is 0. The zero-order valence-corrected chi connectivity index (χ0v) is 14.0. The lowest BCUT2D eigenvalue weighted by molar-refractivity contribution is -0.116. The van der Waals surface area contributed by atoms with Gasteiger partial charge in [-0.2, -0.15) is 0 Å². The average Bonchev–Trinajstić information content (AvgIpc) is 2.55. The lowest BCUT2D eigenvalue weighted by Crippen LogP contribution is -2.15. The summed E-state index contributed by atoms with van der Waals surface area (Å²) < 4.78 is 5.17. The van der Waals surface area contributed by atoms with Crippen LogP contribution in [0.3, 0.4) is 0 Å². The third-order valence-corrected chi connectivity index (χ3v) is 3.93. The lowest BCUT2D eigenvalue weighted by Gasteiger charge is -2.15. The number of carboxylic acid groups (broad SMARTS) is 1. The zero-order chi connectivity index (χ0) is 17.7. The number of benzene rings is 2. The highest BCUT2D eigenvalue weighted by Gasteiger charge is 2.15. The van der Waals surface area contributed by atoms with Crippen molar-refractivity contribution in [3.05, 3.63) is 59.2 Å². The van der Waals surface area contributed by atoms with Crippen LogP contribution in [0.2, 0.25) is 0 Å². The number of ether oxygens (including phenoxy) is 1. The van der Waals surface area contributed by atoms with E-state index in [1.165, 1.54) is 19.2 Å². The number of amides is 1. The van der Waals surface area contributed by atoms with E-state index in [2.05, 4.69) is 5.32 Å². The number of carboxylic acids is 1. The molecule has 0 aliphatic heterocycles. The van der Waals surface area contributed by atoms with E-state index in [1.54, 1.807) is 6.07 Å². The van der Waals surface area contributed by atoms with Crippen LogP contribution in [0.15, 0.2) is 42.5 Å². The molecule has 0 aliphatic carbocycles. The van der Waals surface area contributed by atoms with Gasteiger partial charge in [0.15, 0.2) is 0 Å². The molecule has 1 unspecified atom stereocenters. The van der Waals surface area contributed by atoms with Crippen molar-refractivity contribution >= 4 is 17.6 Å². The number of anilines is 1. The molecule has 0 saturated heterocycles. The molecule has 0 aromatic heterocycles. The first kappa shape index (κ1) is 17.5. The van der Waals surface area contributed by atoms with Crippen molar-refractivity contribution in [1.82, 2.24) is 0 Å². The Balaban J connectivity index is 2.10. The molecule has 2 aromatic carbocycles. The summed E-state index contributed by atoms with van der Waals surface area (Å²) in [6.07, 6.45) is 0.328. The molecule has 0 aliphatic rings. The van der Waals surface area contributed by atoms with Gasteiger partial charge in [-0.1, -0.05) is 31.2 Å². The molecular weight excluding hydrogens is 306 g/mol. The van der Waals surface area contributed by atoms with E-state index in [1.807, 2.05) is 38.1 Å². The number of rotatable bonds is 6. The van der Waals surface area contributed by atoms with Crippen LogP contribution in [0.1, 0.15) is 40.7 Å². The number of hydrogen-bond donors (Lipinski definition) is 2. The monoisotopic (exact) mass is 327 g/mol. The minimum absolute atomic E-state index is 0.0792. The fourth-order valence-corrected chi connectivity index (χ4v) is 2.66. The minimum Gasteiger partial charge on any atom is -0.495 e. The van der Waals surface area contributed by atoms with Crippen LogP contribution in [0.4, 0.5) is 5.69 Å². The van der Waals surface area contributed by atoms with Gasteiger partial charge in [0.2, 0.25) is 5.91 Å². The van der Waals surface area contributed by atoms with Crippen LogP contribution >= 0.6 is 0 Å². The Morgan fingerprint density at radius 1 is 1.21 bits per heavy atom. The maximum absolute atomic E-state index is 12.3. The highest BCUT2D eigenvalue weighted by atomic mass is 16.5. The molecule has 0 spiro atoms. The van der Waals surface area contributed by atoms with Crippen LogP contribution < -0.4 is 10.1 Å². The second kappa shape index (κ2) is 7.64. The van der Waals surface area contributed by atoms with Gasteiger partial charge in [0, 0.05) is 6.42 Å². The van der Waals surface area contributed by atoms with Crippen molar-refractivity contribution in [2.24, 2.45) is 0 Å². The van der Waals surface area contributed by atoms with Gasteiger partial charge in [0.25, 0.3) is 0 Å². The van der Waals surface area contributed by atoms with Crippen molar-refractivity contribution in [1.29, 1.82) is 0 Å². The highest BCUT2D eigenvalue weighted by Crippen LogP contribution is 2.27. The van der Waals surface area contributed by atoms with E-state index in [0.29, 0.717) is 17.9 Å². The van der Waals surface area contributed by atoms with Gasteiger partial charge < -0.3 is 15.2 Å². The molecular formula is C19H21NO4. The summed E-state index contributed by atoms with van der Waals surface area (Å²) in [6, 6.07) is 12.4. The van der Waals surface area contributed by atoms with E-state index >= 15 is 0 Å². The summed E-state index contributed by atoms with van der Waals surface area (Å²) in [5, 5.41) is 11.8. The van der Waals surface area contributed by atoms with E-state index in [-0.39, 0.29) is 17.4 Å². The summed E-state index contributed by atoms with van der Waals surface area (Å²) in [5.74, 6) is -0.784. The van der Waals surface area contributed by atoms with E-state index in [9.17, 15) is 9.59 Å². The van der Waals surface area contributed by atoms with Gasteiger partial charge in [-0.25, -0.2) is 4.79 Å². The first-order valence-electron chi connectivity index (χ1n) is 7.69. The fourth-order valence-electron chi connectivity index (χ4n) is 2.66. The summed E-state index contributed by atoms with van der Waals surface area (Å²) in [7, 11) is 1.44. The number of nitrogens with one attached hydrogen (secondary N) is 1. The predicted octanol–water partition coefficient (Wildman–Crippen LogP) is 3.83. The van der Waals surface area contributed by atoms with Crippen molar-refractivity contribution in [3.8, 4) is 5.75 Å². The van der Waals surface area contributed by atoms with Crippen LogP contribution in [0.25, 0.3) is 0 Å². The molecule has 24 heavy (non-hydrogen) atoms. The molecule has 1 atom stereocenters. The van der Waals surface area contributed by atoms with Crippen molar-refractivity contribution < 1.29 is 19.4 Å². The van der Waals surface area contributed by atoms with Gasteiger partial charge in [0.1, 0.15) is 5.75 Å². The van der Waals surface area contributed by atoms with Crippen molar-refractivity contribution in [2.45, 2.75) is 26.2 Å². The van der Waals surface area contributed by atoms with E-state index in [4.69, 9.17) is 9.84 Å². The summed E-state index contributed by atoms with van der Waals surface area (Å²) in [4.78, 5) is 23.3. The predicted molar refractivity (Wildman–Crippen MR) is 92.8 cm³/mol. The molecule has 1 amide bonds. The number of carbonyl (C=O) groups excluding carboxylic acids is 1. The molecule has 126 valence electrons. The smallest absolute Gasteiger partial charge is 0.335 e. The molecule has 5 nitrogen and oxygen atoms in total. The Bertz CT molecular complexity index is 755.